The van der Waals surface area contributed by atoms with Gasteiger partial charge in [-0.3, -0.25) is 0 Å². The molecular formula is C9H22O3. The van der Waals surface area contributed by atoms with Gasteiger partial charge in [0.2, 0.25) is 0 Å². The number of aliphatic hydroxyl groups excluding tert-OH is 2. The molecule has 0 amide bonds. The average molecular weight is 178 g/mol. The van der Waals surface area contributed by atoms with Crippen molar-refractivity contribution in [2.24, 2.45) is 0 Å². The van der Waals surface area contributed by atoms with Crippen molar-refractivity contribution in [2.75, 3.05) is 19.8 Å². The molecule has 0 saturated heterocycles. The van der Waals surface area contributed by atoms with Crippen LogP contribution in [0.5, 0.6) is 0 Å². The Balaban J connectivity index is 0. The summed E-state index contributed by atoms with van der Waals surface area (Å²) in [6.45, 7) is 8.96. The van der Waals surface area contributed by atoms with Crippen LogP contribution in [0.3, 0.4) is 0 Å². The van der Waals surface area contributed by atoms with E-state index in [1.165, 1.54) is 0 Å². The lowest BCUT2D eigenvalue weighted by molar-refractivity contribution is -0.00236. The fourth-order valence-electron chi connectivity index (χ4n) is 0.408. The second kappa shape index (κ2) is 8.97. The van der Waals surface area contributed by atoms with E-state index in [2.05, 4.69) is 27.7 Å². The molecule has 0 aromatic heterocycles. The fourth-order valence-corrected chi connectivity index (χ4v) is 0.408. The number of hydrogen-bond donors (Lipinski definition) is 2. The van der Waals surface area contributed by atoms with E-state index in [4.69, 9.17) is 14.9 Å². The van der Waals surface area contributed by atoms with E-state index in [0.29, 0.717) is 0 Å². The monoisotopic (exact) mass is 178 g/mol. The van der Waals surface area contributed by atoms with Gasteiger partial charge in [-0.25, -0.2) is 0 Å². The third kappa shape index (κ3) is 22.5. The smallest absolute Gasteiger partial charge is 0.0662 e. The fraction of sp³-hybridized carbons (Fsp3) is 1.00. The van der Waals surface area contributed by atoms with Crippen LogP contribution in [0.2, 0.25) is 0 Å². The van der Waals surface area contributed by atoms with Gasteiger partial charge in [0.1, 0.15) is 0 Å². The minimum Gasteiger partial charge on any atom is -0.394 e. The van der Waals surface area contributed by atoms with E-state index in [1.807, 2.05) is 0 Å². The molecule has 3 heteroatoms. The zero-order valence-corrected chi connectivity index (χ0v) is 8.63. The van der Waals surface area contributed by atoms with Crippen LogP contribution in [0.15, 0.2) is 0 Å². The Morgan fingerprint density at radius 1 is 1.08 bits per heavy atom. The van der Waals surface area contributed by atoms with Gasteiger partial charge in [0.15, 0.2) is 0 Å². The molecule has 0 spiro atoms. The molecule has 0 heterocycles. The van der Waals surface area contributed by atoms with Gasteiger partial charge in [-0.15, -0.1) is 0 Å². The second-order valence-electron chi connectivity index (χ2n) is 3.41. The zero-order valence-electron chi connectivity index (χ0n) is 8.63. The molecule has 0 unspecified atom stereocenters. The molecule has 0 radical (unpaired) electrons. The molecule has 0 aromatic carbocycles. The number of aliphatic hydroxyl groups is 2. The normalized spacial score (nSPS) is 10.5. The van der Waals surface area contributed by atoms with Gasteiger partial charge >= 0.3 is 0 Å². The van der Waals surface area contributed by atoms with E-state index < -0.39 is 0 Å². The summed E-state index contributed by atoms with van der Waals surface area (Å²) in [5, 5.41) is 15.2. The highest BCUT2D eigenvalue weighted by Gasteiger charge is 2.07. The van der Waals surface area contributed by atoms with Crippen molar-refractivity contribution < 1.29 is 14.9 Å². The van der Waals surface area contributed by atoms with Gasteiger partial charge in [0, 0.05) is 6.61 Å². The second-order valence-corrected chi connectivity index (χ2v) is 3.41. The summed E-state index contributed by atoms with van der Waals surface area (Å²) in [7, 11) is 0. The molecule has 12 heavy (non-hydrogen) atoms. The topological polar surface area (TPSA) is 49.7 Å². The molecule has 0 bridgehead atoms. The Bertz CT molecular complexity index is 74.3. The lowest BCUT2D eigenvalue weighted by Crippen LogP contribution is -2.19. The first kappa shape index (κ1) is 14.4. The van der Waals surface area contributed by atoms with Crippen LogP contribution in [0.4, 0.5) is 0 Å². The Labute approximate surface area is 75.4 Å². The number of hydrogen-bond acceptors (Lipinski definition) is 3. The van der Waals surface area contributed by atoms with Gasteiger partial charge in [-0.05, 0) is 27.2 Å². The molecule has 0 aliphatic heterocycles. The summed E-state index contributed by atoms with van der Waals surface area (Å²) in [6.07, 6.45) is 1.11. The first-order valence-electron chi connectivity index (χ1n) is 4.33. The number of rotatable bonds is 3. The Kier molecular flexibility index (Phi) is 10.8. The number of ether oxygens (including phenoxy) is 1. The molecule has 0 rings (SSSR count). The molecule has 0 atom stereocenters. The Morgan fingerprint density at radius 3 is 1.58 bits per heavy atom. The summed E-state index contributed by atoms with van der Waals surface area (Å²) in [6, 6.07) is 0. The minimum absolute atomic E-state index is 0.0516. The highest BCUT2D eigenvalue weighted by Crippen LogP contribution is 2.05. The first-order valence-corrected chi connectivity index (χ1v) is 4.33. The summed E-state index contributed by atoms with van der Waals surface area (Å²) < 4.78 is 5.38. The SMILES string of the molecule is CCCOC(C)(C)C.OCCO. The Morgan fingerprint density at radius 2 is 1.50 bits per heavy atom. The summed E-state index contributed by atoms with van der Waals surface area (Å²) in [4.78, 5) is 0. The third-order valence-corrected chi connectivity index (χ3v) is 0.839. The highest BCUT2D eigenvalue weighted by molar-refractivity contribution is 4.57. The van der Waals surface area contributed by atoms with E-state index in [-0.39, 0.29) is 18.8 Å². The molecule has 0 aliphatic carbocycles. The molecule has 0 fully saturated rings. The summed E-state index contributed by atoms with van der Waals surface area (Å²) in [5.41, 5.74) is 0.0516. The predicted octanol–water partition coefficient (Wildman–Crippen LogP) is 1.18. The lowest BCUT2D eigenvalue weighted by atomic mass is 10.2. The van der Waals surface area contributed by atoms with E-state index in [1.54, 1.807) is 0 Å². The van der Waals surface area contributed by atoms with Crippen LogP contribution in [0.1, 0.15) is 34.1 Å². The summed E-state index contributed by atoms with van der Waals surface area (Å²) in [5.74, 6) is 0. The maximum Gasteiger partial charge on any atom is 0.0662 e. The first-order chi connectivity index (χ1) is 5.47. The molecular weight excluding hydrogens is 156 g/mol. The third-order valence-electron chi connectivity index (χ3n) is 0.839. The average Bonchev–Trinajstić information content (AvgIpc) is 2.00. The van der Waals surface area contributed by atoms with Crippen molar-refractivity contribution in [2.45, 2.75) is 39.7 Å². The van der Waals surface area contributed by atoms with Gasteiger partial charge in [0.05, 0.1) is 18.8 Å². The van der Waals surface area contributed by atoms with Crippen molar-refractivity contribution in [1.82, 2.24) is 0 Å². The van der Waals surface area contributed by atoms with E-state index >= 15 is 0 Å². The van der Waals surface area contributed by atoms with Crippen molar-refractivity contribution in [1.29, 1.82) is 0 Å². The molecule has 0 aromatic rings. The quantitative estimate of drug-likeness (QED) is 0.682. The van der Waals surface area contributed by atoms with Crippen LogP contribution in [0.25, 0.3) is 0 Å². The largest absolute Gasteiger partial charge is 0.394 e. The maximum absolute atomic E-state index is 7.62. The maximum atomic E-state index is 7.62. The van der Waals surface area contributed by atoms with Crippen molar-refractivity contribution in [3.63, 3.8) is 0 Å². The highest BCUT2D eigenvalue weighted by atomic mass is 16.5. The van der Waals surface area contributed by atoms with E-state index in [0.717, 1.165) is 13.0 Å². The molecule has 0 saturated carbocycles. The zero-order chi connectivity index (χ0) is 10.0. The minimum atomic E-state index is -0.125. The van der Waals surface area contributed by atoms with Gasteiger partial charge in [-0.2, -0.15) is 0 Å². The molecule has 76 valence electrons. The van der Waals surface area contributed by atoms with Crippen LogP contribution in [-0.4, -0.2) is 35.6 Å². The molecule has 2 N–H and O–H groups in total. The van der Waals surface area contributed by atoms with E-state index in [9.17, 15) is 0 Å². The van der Waals surface area contributed by atoms with Crippen molar-refractivity contribution in [3.8, 4) is 0 Å². The van der Waals surface area contributed by atoms with Crippen molar-refractivity contribution in [3.05, 3.63) is 0 Å². The van der Waals surface area contributed by atoms with Gasteiger partial charge < -0.3 is 14.9 Å². The molecule has 3 nitrogen and oxygen atoms in total. The van der Waals surface area contributed by atoms with Crippen LogP contribution >= 0.6 is 0 Å². The Hall–Kier alpha value is -0.120. The lowest BCUT2D eigenvalue weighted by Gasteiger charge is -2.18. The van der Waals surface area contributed by atoms with Crippen LogP contribution in [-0.2, 0) is 4.74 Å². The standard InChI is InChI=1S/C7H16O.C2H6O2/c1-5-6-8-7(2,3)4;3-1-2-4/h5-6H2,1-4H3;3-4H,1-2H2. The summed E-state index contributed by atoms with van der Waals surface area (Å²) >= 11 is 0. The van der Waals surface area contributed by atoms with Gasteiger partial charge in [-0.1, -0.05) is 6.92 Å². The van der Waals surface area contributed by atoms with Gasteiger partial charge in [0.25, 0.3) is 0 Å². The molecule has 0 aliphatic rings. The van der Waals surface area contributed by atoms with Crippen LogP contribution in [0, 0.1) is 0 Å². The predicted molar refractivity (Wildman–Crippen MR) is 50.2 cm³/mol. The van der Waals surface area contributed by atoms with Crippen molar-refractivity contribution >= 4 is 0 Å². The van der Waals surface area contributed by atoms with Crippen LogP contribution < -0.4 is 0 Å².